The Balaban J connectivity index is 2.25. The van der Waals surface area contributed by atoms with Crippen LogP contribution in [0.2, 0.25) is 0 Å². The van der Waals surface area contributed by atoms with Crippen LogP contribution in [0.4, 0.5) is 5.69 Å². The van der Waals surface area contributed by atoms with Gasteiger partial charge in [-0.15, -0.1) is 0 Å². The molecule has 0 amide bonds. The summed E-state index contributed by atoms with van der Waals surface area (Å²) in [5.74, 6) is 0. The predicted molar refractivity (Wildman–Crippen MR) is 79.1 cm³/mol. The number of ether oxygens (including phenoxy) is 1. The zero-order valence-electron chi connectivity index (χ0n) is 11.2. The summed E-state index contributed by atoms with van der Waals surface area (Å²) in [6.45, 7) is 3.90. The van der Waals surface area contributed by atoms with Crippen molar-refractivity contribution in [3.63, 3.8) is 0 Å². The molecule has 0 saturated carbocycles. The van der Waals surface area contributed by atoms with E-state index in [-0.39, 0.29) is 0 Å². The minimum Gasteiger partial charge on any atom is -0.376 e. The smallest absolute Gasteiger partial charge is 0.0750 e. The number of nitrogens with one attached hydrogen (secondary N) is 1. The largest absolute Gasteiger partial charge is 0.376 e. The van der Waals surface area contributed by atoms with E-state index in [0.29, 0.717) is 12.1 Å². The fourth-order valence-electron chi connectivity index (χ4n) is 2.64. The monoisotopic (exact) mass is 312 g/mol. The summed E-state index contributed by atoms with van der Waals surface area (Å²) in [7, 11) is 4.14. The maximum Gasteiger partial charge on any atom is 0.0750 e. The van der Waals surface area contributed by atoms with Gasteiger partial charge < -0.3 is 15.0 Å². The Hall–Kier alpha value is -0.580. The van der Waals surface area contributed by atoms with Crippen LogP contribution in [-0.2, 0) is 11.3 Å². The number of likely N-dealkylation sites (N-methyl/N-ethyl adjacent to an activating group) is 1. The minimum atomic E-state index is 0.307. The van der Waals surface area contributed by atoms with E-state index in [1.807, 2.05) is 7.05 Å². The summed E-state index contributed by atoms with van der Waals surface area (Å²) in [6, 6.07) is 6.94. The fraction of sp³-hybridized carbons (Fsp3) is 0.571. The first kappa shape index (κ1) is 13.8. The average molecular weight is 313 g/mol. The lowest BCUT2D eigenvalue weighted by atomic mass is 10.1. The van der Waals surface area contributed by atoms with Crippen LogP contribution in [-0.4, -0.2) is 32.8 Å². The van der Waals surface area contributed by atoms with E-state index in [2.05, 4.69) is 58.3 Å². The zero-order valence-corrected chi connectivity index (χ0v) is 12.8. The molecule has 0 spiro atoms. The second kappa shape index (κ2) is 6.04. The molecule has 0 aromatic heterocycles. The topological polar surface area (TPSA) is 24.5 Å². The highest BCUT2D eigenvalue weighted by molar-refractivity contribution is 9.10. The number of hydrogen-bond donors (Lipinski definition) is 1. The second-order valence-electron chi connectivity index (χ2n) is 4.85. The number of anilines is 1. The lowest BCUT2D eigenvalue weighted by molar-refractivity contribution is 0.118. The van der Waals surface area contributed by atoms with Crippen LogP contribution in [0.25, 0.3) is 0 Å². The molecule has 1 aliphatic heterocycles. The molecule has 1 aliphatic rings. The average Bonchev–Trinajstić information content (AvgIpc) is 2.75. The predicted octanol–water partition coefficient (Wildman–Crippen LogP) is 2.78. The molecule has 1 fully saturated rings. The van der Waals surface area contributed by atoms with Crippen LogP contribution >= 0.6 is 15.9 Å². The Labute approximate surface area is 118 Å². The van der Waals surface area contributed by atoms with E-state index < -0.39 is 0 Å². The first-order chi connectivity index (χ1) is 8.63. The molecule has 18 heavy (non-hydrogen) atoms. The van der Waals surface area contributed by atoms with Gasteiger partial charge in [0.15, 0.2) is 0 Å². The summed E-state index contributed by atoms with van der Waals surface area (Å²) in [5, 5.41) is 3.23. The molecule has 4 heteroatoms. The summed E-state index contributed by atoms with van der Waals surface area (Å²) < 4.78 is 6.79. The minimum absolute atomic E-state index is 0.307. The number of rotatable bonds is 4. The third-order valence-electron chi connectivity index (χ3n) is 3.62. The third kappa shape index (κ3) is 2.87. The molecule has 2 unspecified atom stereocenters. The Bertz CT molecular complexity index is 411. The van der Waals surface area contributed by atoms with Gasteiger partial charge in [-0.05, 0) is 44.2 Å². The zero-order chi connectivity index (χ0) is 13.1. The lowest BCUT2D eigenvalue weighted by Gasteiger charge is -2.30. The van der Waals surface area contributed by atoms with Gasteiger partial charge in [0.05, 0.1) is 12.1 Å². The van der Waals surface area contributed by atoms with Crippen LogP contribution in [0.1, 0.15) is 18.9 Å². The van der Waals surface area contributed by atoms with Crippen LogP contribution in [0.5, 0.6) is 0 Å². The molecule has 1 heterocycles. The van der Waals surface area contributed by atoms with E-state index in [4.69, 9.17) is 4.74 Å². The van der Waals surface area contributed by atoms with Gasteiger partial charge in [-0.25, -0.2) is 0 Å². The SMILES string of the molecule is CNCc1cc(Br)ccc1N(C)C1CCOC1C. The van der Waals surface area contributed by atoms with Gasteiger partial charge in [0.2, 0.25) is 0 Å². The highest BCUT2D eigenvalue weighted by Crippen LogP contribution is 2.29. The lowest BCUT2D eigenvalue weighted by Crippen LogP contribution is -2.37. The summed E-state index contributed by atoms with van der Waals surface area (Å²) in [6.07, 6.45) is 1.41. The molecule has 2 rings (SSSR count). The normalized spacial score (nSPS) is 23.3. The quantitative estimate of drug-likeness (QED) is 0.925. The Morgan fingerprint density at radius 3 is 2.89 bits per heavy atom. The van der Waals surface area contributed by atoms with E-state index in [1.165, 1.54) is 11.3 Å². The Morgan fingerprint density at radius 2 is 2.28 bits per heavy atom. The molecule has 2 atom stereocenters. The van der Waals surface area contributed by atoms with E-state index in [1.54, 1.807) is 0 Å². The van der Waals surface area contributed by atoms with Crippen LogP contribution in [0, 0.1) is 0 Å². The molecule has 3 nitrogen and oxygen atoms in total. The van der Waals surface area contributed by atoms with Crippen molar-refractivity contribution >= 4 is 21.6 Å². The van der Waals surface area contributed by atoms with Crippen molar-refractivity contribution in [2.24, 2.45) is 0 Å². The molecule has 1 aromatic carbocycles. The standard InChI is InChI=1S/C14H21BrN2O/c1-10-13(6-7-18-10)17(3)14-5-4-12(15)8-11(14)9-16-2/h4-5,8,10,13,16H,6-7,9H2,1-3H3. The Morgan fingerprint density at radius 1 is 1.50 bits per heavy atom. The van der Waals surface area contributed by atoms with Gasteiger partial charge in [-0.1, -0.05) is 15.9 Å². The Kier molecular flexibility index (Phi) is 4.65. The molecule has 1 saturated heterocycles. The van der Waals surface area contributed by atoms with Crippen molar-refractivity contribution in [3.05, 3.63) is 28.2 Å². The molecule has 0 bridgehead atoms. The van der Waals surface area contributed by atoms with Crippen molar-refractivity contribution in [2.45, 2.75) is 32.0 Å². The number of nitrogens with zero attached hydrogens (tertiary/aromatic N) is 1. The summed E-state index contributed by atoms with van der Waals surface area (Å²) in [4.78, 5) is 2.36. The highest BCUT2D eigenvalue weighted by atomic mass is 79.9. The molecular weight excluding hydrogens is 292 g/mol. The van der Waals surface area contributed by atoms with Gasteiger partial charge in [0, 0.05) is 30.4 Å². The maximum absolute atomic E-state index is 5.67. The third-order valence-corrected chi connectivity index (χ3v) is 4.12. The van der Waals surface area contributed by atoms with Crippen molar-refractivity contribution in [2.75, 3.05) is 25.6 Å². The first-order valence-corrected chi connectivity index (χ1v) is 7.20. The molecule has 0 radical (unpaired) electrons. The molecule has 1 N–H and O–H groups in total. The molecular formula is C14H21BrN2O. The second-order valence-corrected chi connectivity index (χ2v) is 5.76. The molecule has 0 aliphatic carbocycles. The van der Waals surface area contributed by atoms with Gasteiger partial charge in [-0.2, -0.15) is 0 Å². The first-order valence-electron chi connectivity index (χ1n) is 6.41. The van der Waals surface area contributed by atoms with Gasteiger partial charge in [0.1, 0.15) is 0 Å². The highest BCUT2D eigenvalue weighted by Gasteiger charge is 2.28. The van der Waals surface area contributed by atoms with Crippen molar-refractivity contribution in [3.8, 4) is 0 Å². The van der Waals surface area contributed by atoms with E-state index in [0.717, 1.165) is 24.0 Å². The van der Waals surface area contributed by atoms with Gasteiger partial charge >= 0.3 is 0 Å². The van der Waals surface area contributed by atoms with Crippen LogP contribution in [0.3, 0.4) is 0 Å². The molecule has 1 aromatic rings. The number of hydrogen-bond acceptors (Lipinski definition) is 3. The number of benzene rings is 1. The number of halogens is 1. The van der Waals surface area contributed by atoms with E-state index in [9.17, 15) is 0 Å². The van der Waals surface area contributed by atoms with Crippen molar-refractivity contribution in [1.29, 1.82) is 0 Å². The maximum atomic E-state index is 5.67. The van der Waals surface area contributed by atoms with Crippen LogP contribution in [0.15, 0.2) is 22.7 Å². The molecule has 100 valence electrons. The fourth-order valence-corrected chi connectivity index (χ4v) is 3.05. The van der Waals surface area contributed by atoms with Gasteiger partial charge in [0.25, 0.3) is 0 Å². The van der Waals surface area contributed by atoms with E-state index >= 15 is 0 Å². The van der Waals surface area contributed by atoms with Crippen molar-refractivity contribution in [1.82, 2.24) is 5.32 Å². The van der Waals surface area contributed by atoms with Crippen LogP contribution < -0.4 is 10.2 Å². The van der Waals surface area contributed by atoms with Gasteiger partial charge in [-0.3, -0.25) is 0 Å². The summed E-state index contributed by atoms with van der Waals surface area (Å²) in [5.41, 5.74) is 2.60. The van der Waals surface area contributed by atoms with Crippen molar-refractivity contribution < 1.29 is 4.74 Å². The summed E-state index contributed by atoms with van der Waals surface area (Å²) >= 11 is 3.54.